The van der Waals surface area contributed by atoms with Gasteiger partial charge in [-0.2, -0.15) is 13.2 Å². The van der Waals surface area contributed by atoms with E-state index in [4.69, 9.17) is 4.74 Å². The van der Waals surface area contributed by atoms with Crippen LogP contribution in [-0.2, 0) is 10.9 Å². The van der Waals surface area contributed by atoms with Gasteiger partial charge in [-0.05, 0) is 55.7 Å². The number of ether oxygens (including phenoxy) is 1. The Morgan fingerprint density at radius 1 is 1.12 bits per heavy atom. The summed E-state index contributed by atoms with van der Waals surface area (Å²) in [4.78, 5) is 0. The first kappa shape index (κ1) is 18.1. The van der Waals surface area contributed by atoms with Crippen LogP contribution in [0.15, 0.2) is 36.9 Å². The van der Waals surface area contributed by atoms with Crippen LogP contribution < -0.4 is 0 Å². The van der Waals surface area contributed by atoms with Gasteiger partial charge < -0.3 is 9.84 Å². The average molecular weight is 366 g/mol. The van der Waals surface area contributed by atoms with Crippen molar-refractivity contribution in [3.8, 4) is 0 Å². The highest BCUT2D eigenvalue weighted by Crippen LogP contribution is 2.67. The molecule has 0 spiro atoms. The van der Waals surface area contributed by atoms with Gasteiger partial charge in [0, 0.05) is 11.3 Å². The third-order valence-corrected chi connectivity index (χ3v) is 7.05. The quantitative estimate of drug-likeness (QED) is 0.724. The average Bonchev–Trinajstić information content (AvgIpc) is 2.76. The summed E-state index contributed by atoms with van der Waals surface area (Å²) < 4.78 is 44.9. The third kappa shape index (κ3) is 2.47. The molecule has 1 N–H and O–H groups in total. The summed E-state index contributed by atoms with van der Waals surface area (Å²) in [6, 6.07) is 5.32. The third-order valence-electron chi connectivity index (χ3n) is 7.05. The van der Waals surface area contributed by atoms with Crippen molar-refractivity contribution in [2.45, 2.75) is 68.9 Å². The molecular formula is C21H25F3O2. The predicted molar refractivity (Wildman–Crippen MR) is 92.4 cm³/mol. The summed E-state index contributed by atoms with van der Waals surface area (Å²) in [5.74, 6) is 0.0165. The van der Waals surface area contributed by atoms with Crippen LogP contribution in [0.5, 0.6) is 0 Å². The highest BCUT2D eigenvalue weighted by Gasteiger charge is 2.67. The monoisotopic (exact) mass is 366 g/mol. The van der Waals surface area contributed by atoms with E-state index < -0.39 is 23.4 Å². The van der Waals surface area contributed by atoms with Crippen molar-refractivity contribution < 1.29 is 23.0 Å². The van der Waals surface area contributed by atoms with E-state index in [1.165, 1.54) is 12.1 Å². The summed E-state index contributed by atoms with van der Waals surface area (Å²) in [7, 11) is 0. The molecule has 1 aromatic carbocycles. The molecule has 0 radical (unpaired) electrons. The summed E-state index contributed by atoms with van der Waals surface area (Å²) in [5, 5.41) is 11.0. The van der Waals surface area contributed by atoms with Crippen LogP contribution in [0.25, 0.3) is 0 Å². The van der Waals surface area contributed by atoms with Crippen molar-refractivity contribution in [3.05, 3.63) is 48.0 Å². The molecule has 1 saturated heterocycles. The Labute approximate surface area is 152 Å². The van der Waals surface area contributed by atoms with Crippen molar-refractivity contribution in [1.29, 1.82) is 0 Å². The molecular weight excluding hydrogens is 341 g/mol. The topological polar surface area (TPSA) is 29.5 Å². The SMILES string of the molecule is C=C[C@@H](c1ccc(C(F)(F)F)cc1)[C@@]12CCC[C@]3(CCCC[C@@H]31)OC2O. The Bertz CT molecular complexity index is 679. The number of alkyl halides is 3. The highest BCUT2D eigenvalue weighted by molar-refractivity contribution is 5.33. The van der Waals surface area contributed by atoms with Crippen LogP contribution in [0.2, 0.25) is 0 Å². The molecule has 3 aliphatic rings. The van der Waals surface area contributed by atoms with E-state index in [1.54, 1.807) is 6.08 Å². The normalized spacial score (nSPS) is 37.8. The van der Waals surface area contributed by atoms with Gasteiger partial charge in [0.1, 0.15) is 0 Å². The molecule has 1 heterocycles. The fourth-order valence-corrected chi connectivity index (χ4v) is 6.03. The zero-order valence-corrected chi connectivity index (χ0v) is 14.8. The molecule has 2 aliphatic carbocycles. The minimum absolute atomic E-state index is 0.218. The summed E-state index contributed by atoms with van der Waals surface area (Å²) in [6.45, 7) is 3.98. The summed E-state index contributed by atoms with van der Waals surface area (Å²) >= 11 is 0. The van der Waals surface area contributed by atoms with Crippen molar-refractivity contribution in [2.75, 3.05) is 0 Å². The van der Waals surface area contributed by atoms with E-state index in [9.17, 15) is 18.3 Å². The lowest BCUT2D eigenvalue weighted by Crippen LogP contribution is -2.49. The molecule has 1 aliphatic heterocycles. The first-order valence-electron chi connectivity index (χ1n) is 9.49. The van der Waals surface area contributed by atoms with Crippen LogP contribution in [0.1, 0.15) is 62.0 Å². The summed E-state index contributed by atoms with van der Waals surface area (Å²) in [6.07, 6.45) is 3.50. The fraction of sp³-hybridized carbons (Fsp3) is 0.619. The molecule has 142 valence electrons. The number of aliphatic hydroxyl groups excluding tert-OH is 1. The minimum Gasteiger partial charge on any atom is -0.367 e. The van der Waals surface area contributed by atoms with Gasteiger partial charge in [-0.25, -0.2) is 0 Å². The van der Waals surface area contributed by atoms with E-state index in [1.807, 2.05) is 0 Å². The minimum atomic E-state index is -4.35. The van der Waals surface area contributed by atoms with Gasteiger partial charge in [0.25, 0.3) is 0 Å². The first-order valence-corrected chi connectivity index (χ1v) is 9.49. The van der Waals surface area contributed by atoms with Crippen molar-refractivity contribution in [2.24, 2.45) is 11.3 Å². The molecule has 1 unspecified atom stereocenters. The van der Waals surface area contributed by atoms with Gasteiger partial charge in [-0.15, -0.1) is 6.58 Å². The van der Waals surface area contributed by atoms with Gasteiger partial charge in [0.15, 0.2) is 6.29 Å². The Balaban J connectivity index is 1.74. The lowest BCUT2D eigenvalue weighted by atomic mass is 9.52. The van der Waals surface area contributed by atoms with E-state index >= 15 is 0 Å². The van der Waals surface area contributed by atoms with Crippen LogP contribution >= 0.6 is 0 Å². The van der Waals surface area contributed by atoms with Crippen LogP contribution in [0, 0.1) is 11.3 Å². The largest absolute Gasteiger partial charge is 0.416 e. The summed E-state index contributed by atoms with van der Waals surface area (Å²) in [5.41, 5.74) is -0.622. The Hall–Kier alpha value is -1.33. The van der Waals surface area contributed by atoms with Crippen molar-refractivity contribution >= 4 is 0 Å². The highest BCUT2D eigenvalue weighted by atomic mass is 19.4. The predicted octanol–water partition coefficient (Wildman–Crippen LogP) is 5.42. The van der Waals surface area contributed by atoms with Gasteiger partial charge in [0.2, 0.25) is 0 Å². The molecule has 4 rings (SSSR count). The molecule has 2 saturated carbocycles. The van der Waals surface area contributed by atoms with Crippen LogP contribution in [0.4, 0.5) is 13.2 Å². The molecule has 5 atom stereocenters. The number of hydrogen-bond donors (Lipinski definition) is 1. The number of hydrogen-bond acceptors (Lipinski definition) is 2. The maximum absolute atomic E-state index is 12.9. The molecule has 26 heavy (non-hydrogen) atoms. The zero-order valence-electron chi connectivity index (χ0n) is 14.8. The van der Waals surface area contributed by atoms with Gasteiger partial charge >= 0.3 is 6.18 Å². The van der Waals surface area contributed by atoms with Crippen molar-refractivity contribution in [1.82, 2.24) is 0 Å². The Morgan fingerprint density at radius 2 is 1.81 bits per heavy atom. The lowest BCUT2D eigenvalue weighted by molar-refractivity contribution is -0.164. The van der Waals surface area contributed by atoms with E-state index in [0.29, 0.717) is 0 Å². The van der Waals surface area contributed by atoms with E-state index in [2.05, 4.69) is 6.58 Å². The maximum atomic E-state index is 12.9. The standard InChI is InChI=1S/C21H25F3O2/c1-2-16(14-7-9-15(10-8-14)21(22,23)24)20-13-5-12-19(26-18(20)25)11-4-3-6-17(19)20/h2,7-10,16-18,25H,1,3-6,11-13H2/t16-,17-,18?,19-,20-/m0/s1. The fourth-order valence-electron chi connectivity index (χ4n) is 6.03. The van der Waals surface area contributed by atoms with E-state index in [0.717, 1.165) is 62.6 Å². The number of allylic oxidation sites excluding steroid dienone is 1. The first-order chi connectivity index (χ1) is 12.3. The number of aliphatic hydroxyl groups is 1. The van der Waals surface area contributed by atoms with Crippen LogP contribution in [0.3, 0.4) is 0 Å². The maximum Gasteiger partial charge on any atom is 0.416 e. The molecule has 0 amide bonds. The van der Waals surface area contributed by atoms with Gasteiger partial charge in [-0.3, -0.25) is 0 Å². The smallest absolute Gasteiger partial charge is 0.367 e. The van der Waals surface area contributed by atoms with Gasteiger partial charge in [-0.1, -0.05) is 31.1 Å². The second-order valence-corrected chi connectivity index (χ2v) is 8.13. The second-order valence-electron chi connectivity index (χ2n) is 8.13. The molecule has 2 bridgehead atoms. The number of halogens is 3. The molecule has 2 nitrogen and oxygen atoms in total. The molecule has 0 aromatic heterocycles. The molecule has 3 fully saturated rings. The lowest BCUT2D eigenvalue weighted by Gasteiger charge is -2.50. The number of benzene rings is 1. The second kappa shape index (κ2) is 6.10. The van der Waals surface area contributed by atoms with Crippen molar-refractivity contribution in [3.63, 3.8) is 0 Å². The van der Waals surface area contributed by atoms with E-state index in [-0.39, 0.29) is 17.4 Å². The van der Waals surface area contributed by atoms with Gasteiger partial charge in [0.05, 0.1) is 11.2 Å². The Kier molecular flexibility index (Phi) is 4.23. The molecule has 1 aromatic rings. The number of rotatable bonds is 3. The Morgan fingerprint density at radius 3 is 2.46 bits per heavy atom. The van der Waals surface area contributed by atoms with Crippen LogP contribution in [-0.4, -0.2) is 17.0 Å². The molecule has 5 heteroatoms. The zero-order chi connectivity index (χ0) is 18.6.